The zero-order chi connectivity index (χ0) is 10.1. The molecule has 1 unspecified atom stereocenters. The third-order valence-electron chi connectivity index (χ3n) is 1.88. The van der Waals surface area contributed by atoms with Gasteiger partial charge in [-0.25, -0.2) is 0 Å². The number of alkyl halides is 1. The van der Waals surface area contributed by atoms with Gasteiger partial charge in [0.15, 0.2) is 0 Å². The van der Waals surface area contributed by atoms with Gasteiger partial charge in [0.05, 0.1) is 0 Å². The predicted molar refractivity (Wildman–Crippen MR) is 59.4 cm³/mol. The van der Waals surface area contributed by atoms with Gasteiger partial charge >= 0.3 is 0 Å². The van der Waals surface area contributed by atoms with Crippen molar-refractivity contribution in [3.05, 3.63) is 0 Å². The van der Waals surface area contributed by atoms with Crippen LogP contribution in [0.4, 0.5) is 0 Å². The molecule has 0 rings (SSSR count). The normalized spacial score (nSPS) is 13.6. The van der Waals surface area contributed by atoms with E-state index in [-0.39, 0.29) is 0 Å². The fraction of sp³-hybridized carbons (Fsp3) is 1.00. The van der Waals surface area contributed by atoms with Crippen molar-refractivity contribution in [1.29, 1.82) is 0 Å². The summed E-state index contributed by atoms with van der Waals surface area (Å²) in [5, 5.41) is 0.338. The van der Waals surface area contributed by atoms with Gasteiger partial charge in [0.1, 0.15) is 0 Å². The fourth-order valence-electron chi connectivity index (χ4n) is 1.28. The Kier molecular flexibility index (Phi) is 9.00. The van der Waals surface area contributed by atoms with Gasteiger partial charge in [-0.1, -0.05) is 20.8 Å². The second kappa shape index (κ2) is 8.83. The fourth-order valence-corrected chi connectivity index (χ4v) is 1.79. The smallest absolute Gasteiger partial charge is 0.0466 e. The van der Waals surface area contributed by atoms with E-state index in [1.807, 2.05) is 0 Å². The van der Waals surface area contributed by atoms with E-state index in [1.165, 1.54) is 0 Å². The lowest BCUT2D eigenvalue weighted by atomic mass is 10.1. The molecule has 0 fully saturated rings. The molecule has 0 aromatic rings. The summed E-state index contributed by atoms with van der Waals surface area (Å²) < 4.78 is 5.38. The summed E-state index contributed by atoms with van der Waals surface area (Å²) >= 11 is 6.13. The third kappa shape index (κ3) is 10.2. The summed E-state index contributed by atoms with van der Waals surface area (Å²) in [6.07, 6.45) is 4.41. The van der Waals surface area contributed by atoms with Crippen molar-refractivity contribution >= 4 is 11.6 Å². The summed E-state index contributed by atoms with van der Waals surface area (Å²) in [4.78, 5) is 0. The minimum absolute atomic E-state index is 0.338. The average molecular weight is 207 g/mol. The Morgan fingerprint density at radius 2 is 1.92 bits per heavy atom. The van der Waals surface area contributed by atoms with Gasteiger partial charge in [-0.05, 0) is 31.6 Å². The van der Waals surface area contributed by atoms with Gasteiger partial charge in [-0.15, -0.1) is 11.6 Å². The Balaban J connectivity index is 3.12. The standard InChI is InChI=1S/C11H23ClO/c1-4-7-13-8-5-6-11(12)9-10(2)3/h10-11H,4-9H2,1-3H3. The maximum atomic E-state index is 6.13. The lowest BCUT2D eigenvalue weighted by molar-refractivity contribution is 0.130. The molecule has 80 valence electrons. The van der Waals surface area contributed by atoms with Crippen molar-refractivity contribution in [2.45, 2.75) is 51.8 Å². The van der Waals surface area contributed by atoms with Gasteiger partial charge < -0.3 is 4.74 Å². The van der Waals surface area contributed by atoms with Gasteiger partial charge in [0.25, 0.3) is 0 Å². The molecule has 0 radical (unpaired) electrons. The summed E-state index contributed by atoms with van der Waals surface area (Å²) in [6.45, 7) is 8.31. The zero-order valence-corrected chi connectivity index (χ0v) is 9.94. The summed E-state index contributed by atoms with van der Waals surface area (Å²) in [7, 11) is 0. The molecule has 0 amide bonds. The molecule has 0 spiro atoms. The van der Waals surface area contributed by atoms with E-state index in [9.17, 15) is 0 Å². The van der Waals surface area contributed by atoms with Crippen LogP contribution in [0.2, 0.25) is 0 Å². The SMILES string of the molecule is CCCOCCCC(Cl)CC(C)C. The van der Waals surface area contributed by atoms with Gasteiger partial charge in [-0.3, -0.25) is 0 Å². The minimum atomic E-state index is 0.338. The van der Waals surface area contributed by atoms with E-state index in [0.717, 1.165) is 38.9 Å². The second-order valence-corrected chi connectivity index (χ2v) is 4.60. The Labute approximate surface area is 87.8 Å². The number of hydrogen-bond donors (Lipinski definition) is 0. The molecule has 0 aliphatic carbocycles. The topological polar surface area (TPSA) is 9.23 Å². The van der Waals surface area contributed by atoms with Gasteiger partial charge in [0.2, 0.25) is 0 Å². The van der Waals surface area contributed by atoms with Crippen LogP contribution < -0.4 is 0 Å². The van der Waals surface area contributed by atoms with Gasteiger partial charge in [0, 0.05) is 18.6 Å². The van der Waals surface area contributed by atoms with Crippen LogP contribution in [0.25, 0.3) is 0 Å². The molecule has 0 aliphatic rings. The number of hydrogen-bond acceptors (Lipinski definition) is 1. The zero-order valence-electron chi connectivity index (χ0n) is 9.18. The first-order valence-electron chi connectivity index (χ1n) is 5.38. The predicted octanol–water partition coefficient (Wildman–Crippen LogP) is 3.85. The number of rotatable bonds is 8. The lowest BCUT2D eigenvalue weighted by Crippen LogP contribution is -2.05. The molecule has 2 heteroatoms. The van der Waals surface area contributed by atoms with Crippen LogP contribution in [-0.2, 0) is 4.74 Å². The van der Waals surface area contributed by atoms with E-state index in [1.54, 1.807) is 0 Å². The van der Waals surface area contributed by atoms with E-state index < -0.39 is 0 Å². The second-order valence-electron chi connectivity index (χ2n) is 3.98. The minimum Gasteiger partial charge on any atom is -0.381 e. The number of halogens is 1. The molecule has 0 saturated carbocycles. The van der Waals surface area contributed by atoms with Crippen molar-refractivity contribution < 1.29 is 4.74 Å². The number of ether oxygens (including phenoxy) is 1. The average Bonchev–Trinajstić information content (AvgIpc) is 2.02. The van der Waals surface area contributed by atoms with E-state index in [4.69, 9.17) is 16.3 Å². The highest BCUT2D eigenvalue weighted by molar-refractivity contribution is 6.20. The first-order chi connectivity index (χ1) is 6.16. The highest BCUT2D eigenvalue weighted by atomic mass is 35.5. The highest BCUT2D eigenvalue weighted by Gasteiger charge is 2.06. The lowest BCUT2D eigenvalue weighted by Gasteiger charge is -2.11. The molecule has 0 aromatic heterocycles. The molecule has 0 heterocycles. The largest absolute Gasteiger partial charge is 0.381 e. The molecule has 0 aliphatic heterocycles. The van der Waals surface area contributed by atoms with Gasteiger partial charge in [-0.2, -0.15) is 0 Å². The molecule has 13 heavy (non-hydrogen) atoms. The molecule has 0 saturated heterocycles. The molecule has 0 bridgehead atoms. The maximum absolute atomic E-state index is 6.13. The van der Waals surface area contributed by atoms with E-state index >= 15 is 0 Å². The highest BCUT2D eigenvalue weighted by Crippen LogP contribution is 2.15. The van der Waals surface area contributed by atoms with E-state index in [2.05, 4.69) is 20.8 Å². The van der Waals surface area contributed by atoms with Crippen LogP contribution in [0.3, 0.4) is 0 Å². The molecule has 0 N–H and O–H groups in total. The van der Waals surface area contributed by atoms with Crippen molar-refractivity contribution in [3.8, 4) is 0 Å². The van der Waals surface area contributed by atoms with Crippen molar-refractivity contribution in [2.75, 3.05) is 13.2 Å². The van der Waals surface area contributed by atoms with Crippen LogP contribution in [-0.4, -0.2) is 18.6 Å². The third-order valence-corrected chi connectivity index (χ3v) is 2.28. The Morgan fingerprint density at radius 3 is 2.46 bits per heavy atom. The van der Waals surface area contributed by atoms with Crippen LogP contribution in [0.1, 0.15) is 46.5 Å². The summed E-state index contributed by atoms with van der Waals surface area (Å²) in [6, 6.07) is 0. The first-order valence-corrected chi connectivity index (χ1v) is 5.82. The quantitative estimate of drug-likeness (QED) is 0.433. The maximum Gasteiger partial charge on any atom is 0.0466 e. The van der Waals surface area contributed by atoms with E-state index in [0.29, 0.717) is 11.3 Å². The summed E-state index contributed by atoms with van der Waals surface area (Å²) in [5.74, 6) is 0.707. The van der Waals surface area contributed by atoms with Crippen LogP contribution >= 0.6 is 11.6 Å². The Bertz CT molecular complexity index is 104. The Hall–Kier alpha value is 0.250. The van der Waals surface area contributed by atoms with Crippen molar-refractivity contribution in [1.82, 2.24) is 0 Å². The molecule has 1 nitrogen and oxygen atoms in total. The van der Waals surface area contributed by atoms with Crippen molar-refractivity contribution in [3.63, 3.8) is 0 Å². The Morgan fingerprint density at radius 1 is 1.23 bits per heavy atom. The van der Waals surface area contributed by atoms with Crippen LogP contribution in [0, 0.1) is 5.92 Å². The molecule has 0 aromatic carbocycles. The summed E-state index contributed by atoms with van der Waals surface area (Å²) in [5.41, 5.74) is 0. The van der Waals surface area contributed by atoms with Crippen LogP contribution in [0.15, 0.2) is 0 Å². The van der Waals surface area contributed by atoms with Crippen molar-refractivity contribution in [2.24, 2.45) is 5.92 Å². The first kappa shape index (κ1) is 13.2. The molecule has 1 atom stereocenters. The van der Waals surface area contributed by atoms with Crippen LogP contribution in [0.5, 0.6) is 0 Å². The molecular formula is C11H23ClO. The molecular weight excluding hydrogens is 184 g/mol. The monoisotopic (exact) mass is 206 g/mol.